The predicted octanol–water partition coefficient (Wildman–Crippen LogP) is 3.11. The molecular formula is C20H19F3N4O4. The number of rotatable bonds is 1. The minimum Gasteiger partial charge on any atom is -0.444 e. The first-order valence-electron chi connectivity index (χ1n) is 9.60. The molecule has 3 heterocycles. The van der Waals surface area contributed by atoms with Gasteiger partial charge in [-0.25, -0.2) is 14.5 Å². The number of halogens is 3. The van der Waals surface area contributed by atoms with Crippen molar-refractivity contribution in [3.63, 3.8) is 0 Å². The maximum atomic E-state index is 13.3. The number of benzene rings is 1. The van der Waals surface area contributed by atoms with Crippen molar-refractivity contribution >= 4 is 23.7 Å². The Morgan fingerprint density at radius 1 is 1.23 bits per heavy atom. The fourth-order valence-electron chi connectivity index (χ4n) is 4.43. The number of ether oxygens (including phenoxy) is 1. The Kier molecular flexibility index (Phi) is 4.46. The molecule has 1 aromatic carbocycles. The molecule has 4 rings (SSSR count). The summed E-state index contributed by atoms with van der Waals surface area (Å²) in [6.45, 7) is 5.31. The molecule has 4 amide bonds. The summed E-state index contributed by atoms with van der Waals surface area (Å²) in [6, 6.07) is 1.42. The number of hydrogen-bond donors (Lipinski definition) is 0. The molecule has 3 aliphatic heterocycles. The molecule has 3 aliphatic rings. The Morgan fingerprint density at radius 3 is 2.48 bits per heavy atom. The molecule has 0 spiro atoms. The van der Waals surface area contributed by atoms with Crippen LogP contribution in [0.4, 0.5) is 28.4 Å². The quantitative estimate of drug-likeness (QED) is 0.631. The van der Waals surface area contributed by atoms with Gasteiger partial charge in [-0.1, -0.05) is 0 Å². The topological polar surface area (TPSA) is 94.0 Å². The van der Waals surface area contributed by atoms with Crippen LogP contribution in [0.25, 0.3) is 0 Å². The highest BCUT2D eigenvalue weighted by molar-refractivity contribution is 6.22. The van der Waals surface area contributed by atoms with Crippen molar-refractivity contribution < 1.29 is 32.3 Å². The highest BCUT2D eigenvalue weighted by Crippen LogP contribution is 2.43. The maximum Gasteiger partial charge on any atom is 0.417 e. The van der Waals surface area contributed by atoms with E-state index in [1.54, 1.807) is 20.8 Å². The largest absolute Gasteiger partial charge is 0.444 e. The fourth-order valence-corrected chi connectivity index (χ4v) is 4.43. The number of alkyl halides is 3. The number of carbonyl (C=O) groups is 3. The average molecular weight is 436 g/mol. The number of imide groups is 1. The van der Waals surface area contributed by atoms with E-state index in [0.717, 1.165) is 12.1 Å². The van der Waals surface area contributed by atoms with Crippen molar-refractivity contribution in [3.8, 4) is 6.07 Å². The lowest BCUT2D eigenvalue weighted by atomic mass is 10.1. The van der Waals surface area contributed by atoms with Gasteiger partial charge in [-0.2, -0.15) is 18.4 Å². The zero-order valence-corrected chi connectivity index (χ0v) is 16.9. The van der Waals surface area contributed by atoms with Gasteiger partial charge in [0.05, 0.1) is 35.0 Å². The summed E-state index contributed by atoms with van der Waals surface area (Å²) in [6.07, 6.45) is -5.03. The number of nitriles is 1. The van der Waals surface area contributed by atoms with Crippen LogP contribution < -0.4 is 4.90 Å². The van der Waals surface area contributed by atoms with Crippen LogP contribution >= 0.6 is 0 Å². The van der Waals surface area contributed by atoms with Crippen LogP contribution in [0.1, 0.15) is 38.3 Å². The van der Waals surface area contributed by atoms with E-state index in [9.17, 15) is 27.6 Å². The number of anilines is 1. The van der Waals surface area contributed by atoms with E-state index in [1.165, 1.54) is 15.9 Å². The van der Waals surface area contributed by atoms with Gasteiger partial charge in [0.1, 0.15) is 11.6 Å². The Labute approximate surface area is 175 Å². The minimum absolute atomic E-state index is 0.185. The Bertz CT molecular complexity index is 1030. The van der Waals surface area contributed by atoms with E-state index in [0.29, 0.717) is 17.4 Å². The monoisotopic (exact) mass is 436 g/mol. The van der Waals surface area contributed by atoms with Gasteiger partial charge in [-0.15, -0.1) is 0 Å². The second-order valence-electron chi connectivity index (χ2n) is 8.74. The molecule has 1 aromatic rings. The van der Waals surface area contributed by atoms with Crippen molar-refractivity contribution in [3.05, 3.63) is 29.3 Å². The van der Waals surface area contributed by atoms with Crippen molar-refractivity contribution in [2.75, 3.05) is 11.4 Å². The van der Waals surface area contributed by atoms with Crippen molar-refractivity contribution in [2.45, 2.75) is 57.1 Å². The number of nitrogens with zero attached hydrogens (tertiary/aromatic N) is 4. The van der Waals surface area contributed by atoms with Gasteiger partial charge in [0.15, 0.2) is 0 Å². The molecule has 8 nitrogen and oxygen atoms in total. The van der Waals surface area contributed by atoms with Crippen LogP contribution in [0.15, 0.2) is 18.2 Å². The van der Waals surface area contributed by atoms with E-state index in [4.69, 9.17) is 10.00 Å². The molecule has 164 valence electrons. The third-order valence-electron chi connectivity index (χ3n) is 5.58. The van der Waals surface area contributed by atoms with Crippen molar-refractivity contribution in [1.29, 1.82) is 5.26 Å². The number of likely N-dealkylation sites (tertiary alicyclic amines) is 1. The molecular weight excluding hydrogens is 417 g/mol. The smallest absolute Gasteiger partial charge is 0.417 e. The zero-order valence-electron chi connectivity index (χ0n) is 16.9. The van der Waals surface area contributed by atoms with E-state index in [-0.39, 0.29) is 12.2 Å². The van der Waals surface area contributed by atoms with Gasteiger partial charge in [-0.3, -0.25) is 4.79 Å². The SMILES string of the molecule is CC(C)(C)OC(=O)N1C[C@@H]2C[C@H]1[C@H]1C(=O)N(c3ccc(C#N)c(C(F)(F)F)c3)C(=O)N21. The average Bonchev–Trinajstić information content (AvgIpc) is 3.31. The number of amides is 4. The molecule has 0 radical (unpaired) electrons. The van der Waals surface area contributed by atoms with Gasteiger partial charge < -0.3 is 14.5 Å². The van der Waals surface area contributed by atoms with E-state index >= 15 is 0 Å². The van der Waals surface area contributed by atoms with E-state index < -0.39 is 59.1 Å². The van der Waals surface area contributed by atoms with Crippen molar-refractivity contribution in [1.82, 2.24) is 9.80 Å². The normalized spacial score (nSPS) is 25.2. The summed E-state index contributed by atoms with van der Waals surface area (Å²) < 4.78 is 45.4. The third-order valence-corrected chi connectivity index (χ3v) is 5.58. The number of fused-ring (bicyclic) bond motifs is 5. The van der Waals surface area contributed by atoms with E-state index in [2.05, 4.69) is 0 Å². The summed E-state index contributed by atoms with van der Waals surface area (Å²) in [5, 5.41) is 8.96. The molecule has 0 aliphatic carbocycles. The standard InChI is InChI=1S/C20H19F3N4O4/c1-19(2,3)31-18(30)25-9-12-7-14(25)15-16(28)27(17(29)26(12)15)11-5-4-10(8-24)13(6-11)20(21,22)23/h4-6,12,14-15H,7,9H2,1-3H3/t12-,14-,15-/m0/s1. The first-order valence-corrected chi connectivity index (χ1v) is 9.60. The first kappa shape index (κ1) is 21.0. The molecule has 3 fully saturated rings. The summed E-state index contributed by atoms with van der Waals surface area (Å²) in [7, 11) is 0. The van der Waals surface area contributed by atoms with Gasteiger partial charge in [0, 0.05) is 6.54 Å². The second-order valence-corrected chi connectivity index (χ2v) is 8.74. The molecule has 0 aromatic heterocycles. The Hall–Kier alpha value is -3.29. The van der Waals surface area contributed by atoms with Crippen LogP contribution in [0.3, 0.4) is 0 Å². The molecule has 2 bridgehead atoms. The lowest BCUT2D eigenvalue weighted by Gasteiger charge is -2.35. The zero-order chi connectivity index (χ0) is 22.9. The first-order chi connectivity index (χ1) is 14.3. The number of piperazine rings is 1. The van der Waals surface area contributed by atoms with Gasteiger partial charge >= 0.3 is 18.3 Å². The summed E-state index contributed by atoms with van der Waals surface area (Å²) in [5.74, 6) is -0.705. The highest BCUT2D eigenvalue weighted by atomic mass is 19.4. The predicted molar refractivity (Wildman–Crippen MR) is 99.8 cm³/mol. The molecule has 3 saturated heterocycles. The molecule has 0 N–H and O–H groups in total. The summed E-state index contributed by atoms with van der Waals surface area (Å²) in [5.41, 5.74) is -2.83. The molecule has 0 unspecified atom stereocenters. The number of carbonyl (C=O) groups excluding carboxylic acids is 3. The van der Waals surface area contributed by atoms with Crippen LogP contribution in [-0.4, -0.2) is 58.1 Å². The van der Waals surface area contributed by atoms with Gasteiger partial charge in [0.25, 0.3) is 5.91 Å². The second kappa shape index (κ2) is 6.60. The number of urea groups is 1. The lowest BCUT2D eigenvalue weighted by Crippen LogP contribution is -2.55. The molecule has 3 atom stereocenters. The lowest BCUT2D eigenvalue weighted by molar-refractivity contribution is -0.137. The van der Waals surface area contributed by atoms with Crippen LogP contribution in [0, 0.1) is 11.3 Å². The van der Waals surface area contributed by atoms with Gasteiger partial charge in [-0.05, 0) is 45.4 Å². The van der Waals surface area contributed by atoms with Crippen molar-refractivity contribution in [2.24, 2.45) is 0 Å². The molecule has 11 heteroatoms. The number of hydrogen-bond acceptors (Lipinski definition) is 5. The van der Waals surface area contributed by atoms with Crippen LogP contribution in [0.5, 0.6) is 0 Å². The van der Waals surface area contributed by atoms with Crippen LogP contribution in [0.2, 0.25) is 0 Å². The minimum atomic E-state index is -4.82. The highest BCUT2D eigenvalue weighted by Gasteiger charge is 2.63. The summed E-state index contributed by atoms with van der Waals surface area (Å²) >= 11 is 0. The Balaban J connectivity index is 1.65. The molecule has 0 saturated carbocycles. The maximum absolute atomic E-state index is 13.3. The third kappa shape index (κ3) is 3.26. The Morgan fingerprint density at radius 2 is 1.90 bits per heavy atom. The van der Waals surface area contributed by atoms with Crippen LogP contribution in [-0.2, 0) is 15.7 Å². The van der Waals surface area contributed by atoms with Gasteiger partial charge in [0.2, 0.25) is 0 Å². The van der Waals surface area contributed by atoms with E-state index in [1.807, 2.05) is 0 Å². The molecule has 31 heavy (non-hydrogen) atoms. The summed E-state index contributed by atoms with van der Waals surface area (Å²) in [4.78, 5) is 42.0. The fraction of sp³-hybridized carbons (Fsp3) is 0.500.